The van der Waals surface area contributed by atoms with Crippen molar-refractivity contribution in [2.24, 2.45) is 0 Å². The van der Waals surface area contributed by atoms with Gasteiger partial charge in [-0.15, -0.1) is 11.3 Å². The average Bonchev–Trinajstić information content (AvgIpc) is 3.05. The lowest BCUT2D eigenvalue weighted by molar-refractivity contribution is 0.101. The molecule has 0 atom stereocenters. The molecule has 0 aliphatic carbocycles. The molecule has 98 valence electrons. The van der Waals surface area contributed by atoms with Gasteiger partial charge in [0.05, 0.1) is 7.11 Å². The molecule has 0 fully saturated rings. The van der Waals surface area contributed by atoms with Gasteiger partial charge in [0.15, 0.2) is 17.3 Å². The standard InChI is InChI=1S/C13H11NO4S/c1-7(15)9-5-19-13(14-9)8-3-10(16-2)12-11(4-8)17-6-18-12/h3-5H,6H2,1-2H3. The maximum atomic E-state index is 11.3. The highest BCUT2D eigenvalue weighted by Gasteiger charge is 2.21. The van der Waals surface area contributed by atoms with Gasteiger partial charge in [-0.05, 0) is 12.1 Å². The topological polar surface area (TPSA) is 57.7 Å². The maximum absolute atomic E-state index is 11.3. The number of ketones is 1. The Hall–Kier alpha value is -2.08. The fourth-order valence-corrected chi connectivity index (χ4v) is 2.67. The van der Waals surface area contributed by atoms with E-state index < -0.39 is 0 Å². The Morgan fingerprint density at radius 3 is 2.95 bits per heavy atom. The number of fused-ring (bicyclic) bond motifs is 1. The molecule has 2 aromatic rings. The lowest BCUT2D eigenvalue weighted by Gasteiger charge is -2.06. The first kappa shape index (κ1) is 12.0. The largest absolute Gasteiger partial charge is 0.493 e. The number of carbonyl (C=O) groups excluding carboxylic acids is 1. The van der Waals surface area contributed by atoms with Crippen molar-refractivity contribution in [1.82, 2.24) is 4.98 Å². The van der Waals surface area contributed by atoms with Gasteiger partial charge in [0.1, 0.15) is 10.7 Å². The van der Waals surface area contributed by atoms with E-state index in [1.54, 1.807) is 12.5 Å². The Bertz CT molecular complexity index is 650. The zero-order chi connectivity index (χ0) is 13.4. The molecule has 0 saturated heterocycles. The number of ether oxygens (including phenoxy) is 3. The van der Waals surface area contributed by atoms with Crippen molar-refractivity contribution in [1.29, 1.82) is 0 Å². The van der Waals surface area contributed by atoms with Crippen molar-refractivity contribution >= 4 is 17.1 Å². The molecule has 0 spiro atoms. The normalized spacial score (nSPS) is 12.5. The molecule has 1 aromatic heterocycles. The van der Waals surface area contributed by atoms with Gasteiger partial charge in [0, 0.05) is 17.9 Å². The number of carbonyl (C=O) groups is 1. The van der Waals surface area contributed by atoms with Gasteiger partial charge in [-0.2, -0.15) is 0 Å². The number of aromatic nitrogens is 1. The highest BCUT2D eigenvalue weighted by atomic mass is 32.1. The van der Waals surface area contributed by atoms with Crippen LogP contribution in [-0.2, 0) is 0 Å². The van der Waals surface area contributed by atoms with Gasteiger partial charge < -0.3 is 14.2 Å². The molecule has 1 aromatic carbocycles. The Morgan fingerprint density at radius 2 is 2.26 bits per heavy atom. The van der Waals surface area contributed by atoms with E-state index in [-0.39, 0.29) is 12.6 Å². The summed E-state index contributed by atoms with van der Waals surface area (Å²) >= 11 is 1.41. The van der Waals surface area contributed by atoms with E-state index in [9.17, 15) is 4.79 Å². The first-order chi connectivity index (χ1) is 9.19. The van der Waals surface area contributed by atoms with Crippen molar-refractivity contribution < 1.29 is 19.0 Å². The van der Waals surface area contributed by atoms with Crippen LogP contribution in [0.2, 0.25) is 0 Å². The van der Waals surface area contributed by atoms with Crippen LogP contribution in [0.15, 0.2) is 17.5 Å². The van der Waals surface area contributed by atoms with Crippen molar-refractivity contribution in [3.05, 3.63) is 23.2 Å². The molecule has 5 nitrogen and oxygen atoms in total. The van der Waals surface area contributed by atoms with Crippen LogP contribution in [0, 0.1) is 0 Å². The quantitative estimate of drug-likeness (QED) is 0.807. The van der Waals surface area contributed by atoms with Crippen molar-refractivity contribution in [3.8, 4) is 27.8 Å². The minimum Gasteiger partial charge on any atom is -0.493 e. The highest BCUT2D eigenvalue weighted by Crippen LogP contribution is 2.44. The molecule has 0 bridgehead atoms. The monoisotopic (exact) mass is 277 g/mol. The molecular formula is C13H11NO4S. The maximum Gasteiger partial charge on any atom is 0.231 e. The fraction of sp³-hybridized carbons (Fsp3) is 0.231. The summed E-state index contributed by atoms with van der Waals surface area (Å²) < 4.78 is 16.0. The van der Waals surface area contributed by atoms with Crippen LogP contribution in [0.4, 0.5) is 0 Å². The van der Waals surface area contributed by atoms with Gasteiger partial charge in [-0.1, -0.05) is 0 Å². The van der Waals surface area contributed by atoms with E-state index in [0.717, 1.165) is 10.6 Å². The van der Waals surface area contributed by atoms with Crippen molar-refractivity contribution in [2.75, 3.05) is 13.9 Å². The van der Waals surface area contributed by atoms with Crippen LogP contribution in [0.25, 0.3) is 10.6 Å². The molecule has 1 aliphatic rings. The minimum absolute atomic E-state index is 0.0461. The van der Waals surface area contributed by atoms with Crippen LogP contribution in [0.1, 0.15) is 17.4 Å². The summed E-state index contributed by atoms with van der Waals surface area (Å²) in [7, 11) is 1.57. The van der Waals surface area contributed by atoms with Gasteiger partial charge in [0.25, 0.3) is 0 Å². The second kappa shape index (κ2) is 4.55. The second-order valence-corrected chi connectivity index (χ2v) is 4.86. The van der Waals surface area contributed by atoms with E-state index in [1.165, 1.54) is 18.3 Å². The van der Waals surface area contributed by atoms with Crippen LogP contribution in [0.5, 0.6) is 17.2 Å². The number of hydrogen-bond acceptors (Lipinski definition) is 6. The number of hydrogen-bond donors (Lipinski definition) is 0. The molecule has 6 heteroatoms. The van der Waals surface area contributed by atoms with Crippen molar-refractivity contribution in [2.45, 2.75) is 6.92 Å². The number of nitrogens with zero attached hydrogens (tertiary/aromatic N) is 1. The first-order valence-electron chi connectivity index (χ1n) is 5.63. The SMILES string of the molecule is COc1cc(-c2nc(C(C)=O)cs2)cc2c1OCO2. The summed E-state index contributed by atoms with van der Waals surface area (Å²) in [5.41, 5.74) is 1.32. The lowest BCUT2D eigenvalue weighted by atomic mass is 10.2. The van der Waals surface area contributed by atoms with Crippen LogP contribution in [-0.4, -0.2) is 24.7 Å². The van der Waals surface area contributed by atoms with E-state index in [2.05, 4.69) is 4.98 Å². The average molecular weight is 277 g/mol. The fourth-order valence-electron chi connectivity index (χ4n) is 1.82. The summed E-state index contributed by atoms with van der Waals surface area (Å²) in [6, 6.07) is 3.67. The molecule has 0 amide bonds. The predicted octanol–water partition coefficient (Wildman–Crippen LogP) is 2.75. The number of thiazole rings is 1. The molecule has 0 N–H and O–H groups in total. The van der Waals surface area contributed by atoms with Gasteiger partial charge in [0.2, 0.25) is 12.5 Å². The second-order valence-electron chi connectivity index (χ2n) is 4.01. The van der Waals surface area contributed by atoms with E-state index in [4.69, 9.17) is 14.2 Å². The molecule has 0 unspecified atom stereocenters. The molecule has 19 heavy (non-hydrogen) atoms. The van der Waals surface area contributed by atoms with E-state index in [0.29, 0.717) is 22.9 Å². The Morgan fingerprint density at radius 1 is 1.42 bits per heavy atom. The van der Waals surface area contributed by atoms with E-state index in [1.807, 2.05) is 12.1 Å². The molecular weight excluding hydrogens is 266 g/mol. The van der Waals surface area contributed by atoms with Gasteiger partial charge >= 0.3 is 0 Å². The molecule has 0 radical (unpaired) electrons. The van der Waals surface area contributed by atoms with Crippen molar-refractivity contribution in [3.63, 3.8) is 0 Å². The molecule has 2 heterocycles. The Labute approximate surface area is 113 Å². The van der Waals surface area contributed by atoms with Gasteiger partial charge in [-0.3, -0.25) is 4.79 Å². The third kappa shape index (κ3) is 2.04. The first-order valence-corrected chi connectivity index (χ1v) is 6.51. The summed E-state index contributed by atoms with van der Waals surface area (Å²) in [4.78, 5) is 15.6. The Kier molecular flexibility index (Phi) is 2.87. The smallest absolute Gasteiger partial charge is 0.231 e. The third-order valence-electron chi connectivity index (χ3n) is 2.77. The Balaban J connectivity index is 2.07. The number of benzene rings is 1. The summed E-state index contributed by atoms with van der Waals surface area (Å²) in [5.74, 6) is 1.79. The molecule has 3 rings (SSSR count). The highest BCUT2D eigenvalue weighted by molar-refractivity contribution is 7.13. The minimum atomic E-state index is -0.0461. The van der Waals surface area contributed by atoms with Crippen LogP contribution < -0.4 is 14.2 Å². The van der Waals surface area contributed by atoms with Crippen LogP contribution >= 0.6 is 11.3 Å². The van der Waals surface area contributed by atoms with Crippen LogP contribution in [0.3, 0.4) is 0 Å². The van der Waals surface area contributed by atoms with E-state index >= 15 is 0 Å². The molecule has 1 aliphatic heterocycles. The zero-order valence-electron chi connectivity index (χ0n) is 10.4. The summed E-state index contributed by atoms with van der Waals surface area (Å²) in [6.07, 6.45) is 0. The molecule has 0 saturated carbocycles. The summed E-state index contributed by atoms with van der Waals surface area (Å²) in [5, 5.41) is 2.50. The lowest BCUT2D eigenvalue weighted by Crippen LogP contribution is -1.93. The zero-order valence-corrected chi connectivity index (χ0v) is 11.2. The number of methoxy groups -OCH3 is 1. The third-order valence-corrected chi connectivity index (χ3v) is 3.66. The predicted molar refractivity (Wildman–Crippen MR) is 70.2 cm³/mol. The summed E-state index contributed by atoms with van der Waals surface area (Å²) in [6.45, 7) is 1.69. The van der Waals surface area contributed by atoms with Gasteiger partial charge in [-0.25, -0.2) is 4.98 Å². The number of rotatable bonds is 3. The number of Topliss-reactive ketones (excluding diaryl/α,β-unsaturated/α-hetero) is 1.